The van der Waals surface area contributed by atoms with E-state index >= 15 is 0 Å². The molecule has 6 nitrogen and oxygen atoms in total. The molecule has 0 radical (unpaired) electrons. The molecule has 2 amide bonds. The summed E-state index contributed by atoms with van der Waals surface area (Å²) in [4.78, 5) is 24.0. The average Bonchev–Trinajstić information content (AvgIpc) is 3.61. The van der Waals surface area contributed by atoms with Crippen molar-refractivity contribution in [2.75, 3.05) is 25.0 Å². The molecule has 2 heterocycles. The van der Waals surface area contributed by atoms with Gasteiger partial charge in [-0.15, -0.1) is 0 Å². The first-order valence-electron chi connectivity index (χ1n) is 11.5. The minimum Gasteiger partial charge on any atom is -0.317 e. The van der Waals surface area contributed by atoms with Crippen LogP contribution in [0, 0.1) is 5.92 Å². The molecule has 2 saturated carbocycles. The van der Waals surface area contributed by atoms with Crippen molar-refractivity contribution >= 4 is 11.7 Å². The van der Waals surface area contributed by atoms with Gasteiger partial charge in [0.25, 0.3) is 0 Å². The van der Waals surface area contributed by atoms with Crippen LogP contribution in [0.1, 0.15) is 49.9 Å². The van der Waals surface area contributed by atoms with Crippen molar-refractivity contribution < 1.29 is 18.0 Å². The fourth-order valence-corrected chi connectivity index (χ4v) is 5.45. The van der Waals surface area contributed by atoms with Crippen molar-refractivity contribution in [3.8, 4) is 0 Å². The Morgan fingerprint density at radius 3 is 2.24 bits per heavy atom. The molecule has 1 aromatic heterocycles. The third-order valence-electron chi connectivity index (χ3n) is 7.67. The Balaban J connectivity index is 1.41. The van der Waals surface area contributed by atoms with E-state index in [1.54, 1.807) is 4.90 Å². The molecule has 0 unspecified atom stereocenters. The number of rotatable bonds is 5. The van der Waals surface area contributed by atoms with Crippen LogP contribution < -0.4 is 10.2 Å². The zero-order valence-electron chi connectivity index (χ0n) is 18.6. The van der Waals surface area contributed by atoms with Gasteiger partial charge < -0.3 is 10.2 Å². The number of nitrogens with one attached hydrogen (secondary N) is 1. The minimum absolute atomic E-state index is 0.147. The summed E-state index contributed by atoms with van der Waals surface area (Å²) in [5.41, 5.74) is 1.08. The van der Waals surface area contributed by atoms with Crippen LogP contribution in [0.4, 0.5) is 23.7 Å². The monoisotopic (exact) mass is 459 g/mol. The maximum atomic E-state index is 13.5. The molecule has 33 heavy (non-hydrogen) atoms. The van der Waals surface area contributed by atoms with Crippen molar-refractivity contribution in [2.24, 2.45) is 5.92 Å². The van der Waals surface area contributed by atoms with Crippen LogP contribution in [0.25, 0.3) is 0 Å². The molecule has 1 N–H and O–H groups in total. The van der Waals surface area contributed by atoms with Crippen LogP contribution in [0.15, 0.2) is 42.7 Å². The van der Waals surface area contributed by atoms with Gasteiger partial charge in [0.15, 0.2) is 0 Å². The number of carbonyl (C=O) groups excluding carboxylic acids is 1. The van der Waals surface area contributed by atoms with E-state index in [9.17, 15) is 18.0 Å². The quantitative estimate of drug-likeness (QED) is 0.711. The lowest BCUT2D eigenvalue weighted by molar-refractivity contribution is -0.144. The Morgan fingerprint density at radius 1 is 1.06 bits per heavy atom. The number of hydrogen-bond acceptors (Lipinski definition) is 4. The van der Waals surface area contributed by atoms with E-state index in [0.29, 0.717) is 24.7 Å². The summed E-state index contributed by atoms with van der Waals surface area (Å²) in [6.45, 7) is 1.15. The number of anilines is 1. The second-order valence-corrected chi connectivity index (χ2v) is 9.61. The van der Waals surface area contributed by atoms with Crippen molar-refractivity contribution in [1.82, 2.24) is 20.2 Å². The van der Waals surface area contributed by atoms with E-state index in [0.717, 1.165) is 50.9 Å². The van der Waals surface area contributed by atoms with E-state index < -0.39 is 12.0 Å². The molecule has 1 aliphatic heterocycles. The van der Waals surface area contributed by atoms with Crippen molar-refractivity contribution in [3.05, 3.63) is 54.1 Å². The van der Waals surface area contributed by atoms with Crippen LogP contribution in [-0.2, 0) is 11.7 Å². The fraction of sp³-hybridized carbons (Fsp3) is 0.542. The Labute approximate surface area is 191 Å². The number of alkyl halides is 3. The smallest absolute Gasteiger partial charge is 0.317 e. The van der Waals surface area contributed by atoms with Gasteiger partial charge in [-0.05, 0) is 57.1 Å². The summed E-state index contributed by atoms with van der Waals surface area (Å²) in [5, 5.41) is 3.54. The summed E-state index contributed by atoms with van der Waals surface area (Å²) < 4.78 is 38.7. The highest BCUT2D eigenvalue weighted by Gasteiger charge is 2.55. The molecular formula is C24H28F3N5O. The predicted octanol–water partition coefficient (Wildman–Crippen LogP) is 4.58. The first-order chi connectivity index (χ1) is 15.8. The lowest BCUT2D eigenvalue weighted by Crippen LogP contribution is -2.55. The second kappa shape index (κ2) is 7.97. The van der Waals surface area contributed by atoms with Gasteiger partial charge in [0.2, 0.25) is 5.82 Å². The van der Waals surface area contributed by atoms with Gasteiger partial charge in [0, 0.05) is 12.1 Å². The topological polar surface area (TPSA) is 61.4 Å². The molecule has 3 fully saturated rings. The van der Waals surface area contributed by atoms with E-state index in [1.807, 2.05) is 30.1 Å². The molecule has 1 saturated heterocycles. The maximum absolute atomic E-state index is 13.5. The van der Waals surface area contributed by atoms with Gasteiger partial charge in [-0.2, -0.15) is 13.2 Å². The molecule has 1 aromatic carbocycles. The molecule has 0 atom stereocenters. The number of hydrogen-bond donors (Lipinski definition) is 1. The van der Waals surface area contributed by atoms with E-state index in [4.69, 9.17) is 0 Å². The van der Waals surface area contributed by atoms with Crippen LogP contribution in [0.3, 0.4) is 0 Å². The zero-order valence-corrected chi connectivity index (χ0v) is 18.6. The number of amides is 2. The van der Waals surface area contributed by atoms with Crippen LogP contribution in [0.2, 0.25) is 0 Å². The first kappa shape index (κ1) is 22.1. The van der Waals surface area contributed by atoms with E-state index in [1.165, 1.54) is 5.56 Å². The lowest BCUT2D eigenvalue weighted by atomic mass is 9.69. The van der Waals surface area contributed by atoms with Crippen LogP contribution in [-0.4, -0.2) is 46.6 Å². The average molecular weight is 460 g/mol. The first-order valence-corrected chi connectivity index (χ1v) is 11.5. The summed E-state index contributed by atoms with van der Waals surface area (Å²) in [6, 6.07) is 10.2. The fourth-order valence-electron chi connectivity index (χ4n) is 5.45. The van der Waals surface area contributed by atoms with Crippen LogP contribution >= 0.6 is 0 Å². The Bertz CT molecular complexity index is 999. The Morgan fingerprint density at radius 2 is 1.70 bits per heavy atom. The molecule has 9 heteroatoms. The molecule has 2 aromatic rings. The third kappa shape index (κ3) is 3.96. The summed E-state index contributed by atoms with van der Waals surface area (Å²) in [6.07, 6.45) is 3.25. The summed E-state index contributed by atoms with van der Waals surface area (Å²) >= 11 is 0. The third-order valence-corrected chi connectivity index (χ3v) is 7.67. The van der Waals surface area contributed by atoms with Crippen molar-refractivity contribution in [3.63, 3.8) is 0 Å². The normalized spacial score (nSPS) is 28.1. The summed E-state index contributed by atoms with van der Waals surface area (Å²) in [7, 11) is 1.98. The Kier molecular flexibility index (Phi) is 5.34. The molecule has 0 bridgehead atoms. The highest BCUT2D eigenvalue weighted by Crippen LogP contribution is 2.48. The largest absolute Gasteiger partial charge is 0.451 e. The van der Waals surface area contributed by atoms with E-state index in [2.05, 4.69) is 27.4 Å². The highest BCUT2D eigenvalue weighted by molar-refractivity contribution is 5.95. The molecule has 5 rings (SSSR count). The standard InChI is InChI=1S/C24H28F3N5O/c1-28-23(18-5-3-2-4-6-18)11-9-22(10-12-23)16-31(21(33)32(22)15-17-7-8-17)19-13-29-20(30-14-19)24(25,26)27/h2-6,13-14,17,28H,7-12,15-16H2,1H3/t22-,23-. The van der Waals surface area contributed by atoms with E-state index in [-0.39, 0.29) is 17.1 Å². The maximum Gasteiger partial charge on any atom is 0.451 e. The van der Waals surface area contributed by atoms with Gasteiger partial charge in [0.1, 0.15) is 0 Å². The molecular weight excluding hydrogens is 431 g/mol. The number of carbonyl (C=O) groups is 1. The van der Waals surface area contributed by atoms with Gasteiger partial charge in [-0.1, -0.05) is 30.3 Å². The Hall–Kier alpha value is -2.68. The molecule has 3 aliphatic rings. The number of benzene rings is 1. The molecule has 176 valence electrons. The van der Waals surface area contributed by atoms with Crippen LogP contribution in [0.5, 0.6) is 0 Å². The number of nitrogens with zero attached hydrogens (tertiary/aromatic N) is 4. The SMILES string of the molecule is CN[C@]1(c2ccccc2)CC[C@@]2(CC1)CN(c1cnc(C(F)(F)F)nc1)C(=O)N2CC1CC1. The summed E-state index contributed by atoms with van der Waals surface area (Å²) in [5.74, 6) is -0.679. The lowest BCUT2D eigenvalue weighted by Gasteiger charge is -2.48. The van der Waals surface area contributed by atoms with Crippen molar-refractivity contribution in [1.29, 1.82) is 0 Å². The van der Waals surface area contributed by atoms with Gasteiger partial charge in [-0.3, -0.25) is 4.90 Å². The minimum atomic E-state index is -4.61. The molecule has 2 aliphatic carbocycles. The predicted molar refractivity (Wildman–Crippen MR) is 118 cm³/mol. The van der Waals surface area contributed by atoms with Gasteiger partial charge >= 0.3 is 12.2 Å². The van der Waals surface area contributed by atoms with Gasteiger partial charge in [0.05, 0.1) is 30.2 Å². The number of urea groups is 1. The van der Waals surface area contributed by atoms with Crippen molar-refractivity contribution in [2.45, 2.75) is 55.8 Å². The molecule has 1 spiro atoms. The zero-order chi connectivity index (χ0) is 23.3. The highest BCUT2D eigenvalue weighted by atomic mass is 19.4. The number of aromatic nitrogens is 2. The van der Waals surface area contributed by atoms with Gasteiger partial charge in [-0.25, -0.2) is 14.8 Å². The second-order valence-electron chi connectivity index (χ2n) is 9.61. The number of halogens is 3.